The van der Waals surface area contributed by atoms with Crippen LogP contribution in [0.3, 0.4) is 0 Å². The zero-order chi connectivity index (χ0) is 10.6. The molecule has 1 rings (SSSR count). The zero-order valence-corrected chi connectivity index (χ0v) is 9.43. The van der Waals surface area contributed by atoms with Gasteiger partial charge in [-0.3, -0.25) is 4.79 Å². The van der Waals surface area contributed by atoms with Gasteiger partial charge in [0.15, 0.2) is 0 Å². The molecule has 0 amide bonds. The summed E-state index contributed by atoms with van der Waals surface area (Å²) in [6.07, 6.45) is 1.79. The monoisotopic (exact) mass is 199 g/mol. The van der Waals surface area contributed by atoms with Gasteiger partial charge >= 0.3 is 5.97 Å². The number of rotatable bonds is 6. The fourth-order valence-electron chi connectivity index (χ4n) is 1.62. The van der Waals surface area contributed by atoms with Crippen molar-refractivity contribution in [2.24, 2.45) is 11.3 Å². The van der Waals surface area contributed by atoms with E-state index >= 15 is 0 Å². The molecule has 1 saturated carbocycles. The second kappa shape index (κ2) is 4.78. The largest absolute Gasteiger partial charge is 0.466 e. The molecule has 1 N–H and O–H groups in total. The highest BCUT2D eigenvalue weighted by molar-refractivity contribution is 5.69. The fraction of sp³-hybridized carbons (Fsp3) is 0.909. The third-order valence-corrected chi connectivity index (χ3v) is 2.92. The Bertz CT molecular complexity index is 201. The Morgan fingerprint density at radius 3 is 2.71 bits per heavy atom. The molecular weight excluding hydrogens is 178 g/mol. The van der Waals surface area contributed by atoms with E-state index in [1.54, 1.807) is 0 Å². The first-order valence-corrected chi connectivity index (χ1v) is 5.42. The van der Waals surface area contributed by atoms with Crippen molar-refractivity contribution in [2.45, 2.75) is 33.6 Å². The molecule has 0 saturated heterocycles. The van der Waals surface area contributed by atoms with E-state index in [0.29, 0.717) is 18.4 Å². The van der Waals surface area contributed by atoms with Gasteiger partial charge in [0.25, 0.3) is 0 Å². The maximum absolute atomic E-state index is 11.0. The van der Waals surface area contributed by atoms with Gasteiger partial charge in [-0.2, -0.15) is 0 Å². The van der Waals surface area contributed by atoms with Crippen LogP contribution in [0.1, 0.15) is 33.6 Å². The normalized spacial score (nSPS) is 23.2. The van der Waals surface area contributed by atoms with E-state index in [4.69, 9.17) is 4.74 Å². The first kappa shape index (κ1) is 11.5. The molecule has 0 aromatic rings. The van der Waals surface area contributed by atoms with Gasteiger partial charge in [0.05, 0.1) is 13.0 Å². The summed E-state index contributed by atoms with van der Waals surface area (Å²) in [7, 11) is 0. The number of ether oxygens (including phenoxy) is 1. The molecule has 1 aliphatic carbocycles. The highest BCUT2D eigenvalue weighted by atomic mass is 16.5. The lowest BCUT2D eigenvalue weighted by molar-refractivity contribution is -0.142. The molecule has 1 fully saturated rings. The van der Waals surface area contributed by atoms with E-state index < -0.39 is 0 Å². The summed E-state index contributed by atoms with van der Waals surface area (Å²) in [5, 5.41) is 3.29. The molecule has 0 aromatic heterocycles. The number of hydrogen-bond donors (Lipinski definition) is 1. The highest BCUT2D eigenvalue weighted by Gasteiger charge is 2.44. The third-order valence-electron chi connectivity index (χ3n) is 2.92. The standard InChI is InChI=1S/C11H21NO2/c1-4-14-10(13)5-6-12-8-9-7-11(9,2)3/h9,12H,4-8H2,1-3H3. The molecule has 0 spiro atoms. The highest BCUT2D eigenvalue weighted by Crippen LogP contribution is 2.50. The SMILES string of the molecule is CCOC(=O)CCNCC1CC1(C)C. The van der Waals surface area contributed by atoms with Gasteiger partial charge in [-0.1, -0.05) is 13.8 Å². The summed E-state index contributed by atoms with van der Waals surface area (Å²) in [5.74, 6) is 0.694. The summed E-state index contributed by atoms with van der Waals surface area (Å²) >= 11 is 0. The molecule has 82 valence electrons. The molecule has 3 nitrogen and oxygen atoms in total. The lowest BCUT2D eigenvalue weighted by Crippen LogP contribution is -2.22. The number of nitrogens with one attached hydrogen (secondary N) is 1. The van der Waals surface area contributed by atoms with Crippen LogP contribution in [0.4, 0.5) is 0 Å². The maximum Gasteiger partial charge on any atom is 0.307 e. The maximum atomic E-state index is 11.0. The van der Waals surface area contributed by atoms with Crippen molar-refractivity contribution in [3.8, 4) is 0 Å². The van der Waals surface area contributed by atoms with Crippen LogP contribution in [0.25, 0.3) is 0 Å². The molecule has 1 atom stereocenters. The van der Waals surface area contributed by atoms with Crippen molar-refractivity contribution >= 4 is 5.97 Å². The van der Waals surface area contributed by atoms with Crippen LogP contribution in [-0.2, 0) is 9.53 Å². The Morgan fingerprint density at radius 2 is 2.21 bits per heavy atom. The van der Waals surface area contributed by atoms with E-state index in [9.17, 15) is 4.79 Å². The smallest absolute Gasteiger partial charge is 0.307 e. The van der Waals surface area contributed by atoms with E-state index in [1.165, 1.54) is 6.42 Å². The van der Waals surface area contributed by atoms with E-state index in [-0.39, 0.29) is 5.97 Å². The van der Waals surface area contributed by atoms with E-state index in [1.807, 2.05) is 6.92 Å². The van der Waals surface area contributed by atoms with Gasteiger partial charge in [0, 0.05) is 6.54 Å². The minimum absolute atomic E-state index is 0.102. The van der Waals surface area contributed by atoms with Gasteiger partial charge < -0.3 is 10.1 Å². The van der Waals surface area contributed by atoms with Crippen LogP contribution in [0.5, 0.6) is 0 Å². The molecule has 0 radical (unpaired) electrons. The van der Waals surface area contributed by atoms with Crippen molar-refractivity contribution in [1.82, 2.24) is 5.32 Å². The average molecular weight is 199 g/mol. The Hall–Kier alpha value is -0.570. The van der Waals surface area contributed by atoms with E-state index in [2.05, 4.69) is 19.2 Å². The van der Waals surface area contributed by atoms with Crippen molar-refractivity contribution in [2.75, 3.05) is 19.7 Å². The summed E-state index contributed by atoms with van der Waals surface area (Å²) < 4.78 is 4.83. The topological polar surface area (TPSA) is 38.3 Å². The summed E-state index contributed by atoms with van der Waals surface area (Å²) in [6, 6.07) is 0. The number of hydrogen-bond acceptors (Lipinski definition) is 3. The number of carbonyl (C=O) groups excluding carboxylic acids is 1. The predicted molar refractivity (Wildman–Crippen MR) is 56.0 cm³/mol. The lowest BCUT2D eigenvalue weighted by Gasteiger charge is -2.05. The molecule has 1 aliphatic rings. The molecular formula is C11H21NO2. The first-order valence-electron chi connectivity index (χ1n) is 5.42. The zero-order valence-electron chi connectivity index (χ0n) is 9.43. The second-order valence-electron chi connectivity index (χ2n) is 4.65. The Morgan fingerprint density at radius 1 is 1.57 bits per heavy atom. The van der Waals surface area contributed by atoms with Crippen molar-refractivity contribution in [3.63, 3.8) is 0 Å². The van der Waals surface area contributed by atoms with E-state index in [0.717, 1.165) is 19.0 Å². The predicted octanol–water partition coefficient (Wildman–Crippen LogP) is 1.58. The third kappa shape index (κ3) is 3.66. The minimum Gasteiger partial charge on any atom is -0.466 e. The molecule has 0 aromatic carbocycles. The van der Waals surface area contributed by atoms with Crippen molar-refractivity contribution in [3.05, 3.63) is 0 Å². The second-order valence-corrected chi connectivity index (χ2v) is 4.65. The lowest BCUT2D eigenvalue weighted by atomic mass is 10.1. The van der Waals surface area contributed by atoms with Gasteiger partial charge in [0.1, 0.15) is 0 Å². The van der Waals surface area contributed by atoms with Crippen molar-refractivity contribution in [1.29, 1.82) is 0 Å². The van der Waals surface area contributed by atoms with Crippen LogP contribution in [0, 0.1) is 11.3 Å². The van der Waals surface area contributed by atoms with Crippen LogP contribution in [0.15, 0.2) is 0 Å². The van der Waals surface area contributed by atoms with Gasteiger partial charge in [-0.15, -0.1) is 0 Å². The number of esters is 1. The Kier molecular flexibility index (Phi) is 3.93. The quantitative estimate of drug-likeness (QED) is 0.521. The van der Waals surface area contributed by atoms with Crippen LogP contribution in [0.2, 0.25) is 0 Å². The fourth-order valence-corrected chi connectivity index (χ4v) is 1.62. The molecule has 0 aliphatic heterocycles. The molecule has 1 unspecified atom stereocenters. The van der Waals surface area contributed by atoms with Crippen LogP contribution < -0.4 is 5.32 Å². The summed E-state index contributed by atoms with van der Waals surface area (Å²) in [6.45, 7) is 8.65. The van der Waals surface area contributed by atoms with Gasteiger partial charge in [0.2, 0.25) is 0 Å². The van der Waals surface area contributed by atoms with Crippen LogP contribution >= 0.6 is 0 Å². The molecule has 0 bridgehead atoms. The minimum atomic E-state index is -0.102. The Balaban J connectivity index is 1.93. The first-order chi connectivity index (χ1) is 6.56. The van der Waals surface area contributed by atoms with Crippen molar-refractivity contribution < 1.29 is 9.53 Å². The number of carbonyl (C=O) groups is 1. The summed E-state index contributed by atoms with van der Waals surface area (Å²) in [4.78, 5) is 11.0. The molecule has 0 heterocycles. The van der Waals surface area contributed by atoms with Gasteiger partial charge in [-0.25, -0.2) is 0 Å². The van der Waals surface area contributed by atoms with Gasteiger partial charge in [-0.05, 0) is 31.2 Å². The molecule has 3 heteroatoms. The molecule has 14 heavy (non-hydrogen) atoms. The average Bonchev–Trinajstić information content (AvgIpc) is 2.69. The Labute approximate surface area is 86.2 Å². The van der Waals surface area contributed by atoms with Crippen LogP contribution in [-0.4, -0.2) is 25.7 Å². The summed E-state index contributed by atoms with van der Waals surface area (Å²) in [5.41, 5.74) is 0.525.